The van der Waals surface area contributed by atoms with Gasteiger partial charge in [0.2, 0.25) is 5.91 Å². The fraction of sp³-hybridized carbons (Fsp3) is 0.185. The fourth-order valence-electron chi connectivity index (χ4n) is 3.93. The number of amides is 2. The number of aryl methyl sites for hydroxylation is 1. The second kappa shape index (κ2) is 9.27. The normalized spacial score (nSPS) is 17.4. The number of aliphatic imine (C=N–C) groups is 2. The Hall–Kier alpha value is -3.71. The number of amidine groups is 2. The van der Waals surface area contributed by atoms with Gasteiger partial charge in [0, 0.05) is 12.1 Å². The van der Waals surface area contributed by atoms with Gasteiger partial charge in [0.25, 0.3) is 5.91 Å². The molecule has 2 amide bonds. The van der Waals surface area contributed by atoms with E-state index in [1.807, 2.05) is 92.7 Å². The van der Waals surface area contributed by atoms with E-state index < -0.39 is 11.3 Å². The maximum atomic E-state index is 13.5. The Kier molecular flexibility index (Phi) is 6.02. The summed E-state index contributed by atoms with van der Waals surface area (Å²) in [4.78, 5) is 37.4. The maximum Gasteiger partial charge on any atom is 0.263 e. The van der Waals surface area contributed by atoms with Crippen molar-refractivity contribution in [3.63, 3.8) is 0 Å². The van der Waals surface area contributed by atoms with Crippen LogP contribution in [0, 0.1) is 6.92 Å². The van der Waals surface area contributed by atoms with E-state index in [1.165, 1.54) is 17.3 Å². The summed E-state index contributed by atoms with van der Waals surface area (Å²) in [6.07, 6.45) is 0. The highest BCUT2D eigenvalue weighted by Crippen LogP contribution is 2.38. The van der Waals surface area contributed by atoms with Gasteiger partial charge in [-0.25, -0.2) is 14.9 Å². The zero-order valence-corrected chi connectivity index (χ0v) is 19.8. The Balaban J connectivity index is 1.37. The van der Waals surface area contributed by atoms with Gasteiger partial charge in [0.1, 0.15) is 5.84 Å². The standard InChI is InChI=1S/C27H24N4O2S/c1-17-12-14-19(15-13-17)16-28-25(32)18(2)34-27-29-22-11-7-6-10-21(22)24-30-23(26(33)31(24)27)20-8-4-3-5-9-20/h3-15,18,23H,16H2,1-2H3,(H,28,32)/t18-,23-/m1/s1. The summed E-state index contributed by atoms with van der Waals surface area (Å²) in [7, 11) is 0. The van der Waals surface area contributed by atoms with E-state index in [1.54, 1.807) is 4.90 Å². The lowest BCUT2D eigenvalue weighted by molar-refractivity contribution is -0.124. The number of para-hydroxylation sites is 1. The van der Waals surface area contributed by atoms with Crippen LogP contribution in [0.15, 0.2) is 88.8 Å². The van der Waals surface area contributed by atoms with Gasteiger partial charge in [-0.05, 0) is 37.1 Å². The van der Waals surface area contributed by atoms with E-state index in [4.69, 9.17) is 9.98 Å². The van der Waals surface area contributed by atoms with E-state index >= 15 is 0 Å². The molecule has 170 valence electrons. The molecule has 34 heavy (non-hydrogen) atoms. The third-order valence-corrected chi connectivity index (χ3v) is 6.88. The van der Waals surface area contributed by atoms with Crippen molar-refractivity contribution < 1.29 is 9.59 Å². The van der Waals surface area contributed by atoms with Crippen LogP contribution in [0.3, 0.4) is 0 Å². The highest BCUT2D eigenvalue weighted by Gasteiger charge is 2.42. The molecule has 7 heteroatoms. The van der Waals surface area contributed by atoms with Crippen LogP contribution in [0.2, 0.25) is 0 Å². The van der Waals surface area contributed by atoms with Crippen molar-refractivity contribution >= 4 is 40.3 Å². The summed E-state index contributed by atoms with van der Waals surface area (Å²) in [5, 5.41) is 3.01. The van der Waals surface area contributed by atoms with E-state index in [0.29, 0.717) is 17.5 Å². The molecular weight excluding hydrogens is 444 g/mol. The Morgan fingerprint density at radius 2 is 1.74 bits per heavy atom. The quantitative estimate of drug-likeness (QED) is 0.587. The molecule has 1 N–H and O–H groups in total. The number of nitrogens with one attached hydrogen (secondary N) is 1. The van der Waals surface area contributed by atoms with Crippen LogP contribution in [-0.2, 0) is 16.1 Å². The first-order chi connectivity index (χ1) is 16.5. The summed E-state index contributed by atoms with van der Waals surface area (Å²) in [5.41, 5.74) is 4.61. The van der Waals surface area contributed by atoms with E-state index in [0.717, 1.165) is 22.4 Å². The maximum absolute atomic E-state index is 13.5. The molecule has 2 aliphatic heterocycles. The molecule has 6 nitrogen and oxygen atoms in total. The second-order valence-corrected chi connectivity index (χ2v) is 9.62. The Bertz CT molecular complexity index is 1300. The average Bonchev–Trinajstić information content (AvgIpc) is 3.22. The van der Waals surface area contributed by atoms with Crippen LogP contribution < -0.4 is 5.32 Å². The summed E-state index contributed by atoms with van der Waals surface area (Å²) in [5.74, 6) is 0.310. The zero-order chi connectivity index (χ0) is 23.7. The summed E-state index contributed by atoms with van der Waals surface area (Å²) in [6, 6.07) is 24.6. The molecule has 0 spiro atoms. The number of carbonyl (C=O) groups is 2. The van der Waals surface area contributed by atoms with E-state index in [9.17, 15) is 9.59 Å². The van der Waals surface area contributed by atoms with Gasteiger partial charge in [-0.3, -0.25) is 9.59 Å². The van der Waals surface area contributed by atoms with Crippen LogP contribution >= 0.6 is 11.8 Å². The third-order valence-electron chi connectivity index (χ3n) is 5.82. The number of rotatable bonds is 5. The summed E-state index contributed by atoms with van der Waals surface area (Å²) < 4.78 is 0. The average molecular weight is 469 g/mol. The first kappa shape index (κ1) is 22.1. The number of fused-ring (bicyclic) bond motifs is 3. The van der Waals surface area contributed by atoms with Gasteiger partial charge in [0.15, 0.2) is 11.2 Å². The largest absolute Gasteiger partial charge is 0.351 e. The number of hydrogen-bond acceptors (Lipinski definition) is 5. The predicted octanol–water partition coefficient (Wildman–Crippen LogP) is 4.76. The lowest BCUT2D eigenvalue weighted by atomic mass is 10.1. The van der Waals surface area contributed by atoms with Crippen LogP contribution in [0.4, 0.5) is 5.69 Å². The number of hydrogen-bond donors (Lipinski definition) is 1. The lowest BCUT2D eigenvalue weighted by Crippen LogP contribution is -2.41. The highest BCUT2D eigenvalue weighted by atomic mass is 32.2. The second-order valence-electron chi connectivity index (χ2n) is 8.31. The molecule has 0 fully saturated rings. The number of carbonyl (C=O) groups excluding carboxylic acids is 2. The molecule has 0 bridgehead atoms. The first-order valence-corrected chi connectivity index (χ1v) is 12.0. The topological polar surface area (TPSA) is 74.1 Å². The van der Waals surface area contributed by atoms with E-state index in [-0.39, 0.29) is 11.8 Å². The van der Waals surface area contributed by atoms with Crippen molar-refractivity contribution in [3.05, 3.63) is 101 Å². The third kappa shape index (κ3) is 4.26. The van der Waals surface area contributed by atoms with Crippen molar-refractivity contribution in [2.24, 2.45) is 9.98 Å². The molecule has 0 radical (unpaired) electrons. The molecule has 0 aliphatic carbocycles. The minimum absolute atomic E-state index is 0.114. The minimum Gasteiger partial charge on any atom is -0.351 e. The lowest BCUT2D eigenvalue weighted by Gasteiger charge is -2.26. The van der Waals surface area contributed by atoms with Gasteiger partial charge >= 0.3 is 0 Å². The van der Waals surface area contributed by atoms with Gasteiger partial charge in [-0.15, -0.1) is 0 Å². The Morgan fingerprint density at radius 1 is 1.03 bits per heavy atom. The van der Waals surface area contributed by atoms with Crippen molar-refractivity contribution in [2.75, 3.05) is 0 Å². The van der Waals surface area contributed by atoms with Crippen molar-refractivity contribution in [1.29, 1.82) is 0 Å². The molecule has 5 rings (SSSR count). The Labute approximate surface area is 202 Å². The molecule has 2 aliphatic rings. The number of benzene rings is 3. The summed E-state index contributed by atoms with van der Waals surface area (Å²) >= 11 is 1.27. The first-order valence-electron chi connectivity index (χ1n) is 11.2. The highest BCUT2D eigenvalue weighted by molar-refractivity contribution is 8.15. The van der Waals surface area contributed by atoms with Gasteiger partial charge in [-0.1, -0.05) is 84.1 Å². The predicted molar refractivity (Wildman–Crippen MR) is 136 cm³/mol. The minimum atomic E-state index is -0.626. The van der Waals surface area contributed by atoms with Crippen LogP contribution in [-0.4, -0.2) is 33.0 Å². The van der Waals surface area contributed by atoms with Crippen LogP contribution in [0.5, 0.6) is 0 Å². The number of thioether (sulfide) groups is 1. The molecule has 2 atom stereocenters. The van der Waals surface area contributed by atoms with Gasteiger partial charge < -0.3 is 5.32 Å². The van der Waals surface area contributed by atoms with Gasteiger partial charge in [0.05, 0.1) is 10.9 Å². The molecule has 0 saturated carbocycles. The smallest absolute Gasteiger partial charge is 0.263 e. The van der Waals surface area contributed by atoms with Crippen molar-refractivity contribution in [2.45, 2.75) is 31.7 Å². The fourth-order valence-corrected chi connectivity index (χ4v) is 4.87. The molecule has 2 heterocycles. The van der Waals surface area contributed by atoms with Gasteiger partial charge in [-0.2, -0.15) is 0 Å². The van der Waals surface area contributed by atoms with Crippen LogP contribution in [0.1, 0.15) is 35.2 Å². The molecule has 3 aromatic rings. The molecule has 0 unspecified atom stereocenters. The SMILES string of the molecule is Cc1ccc(CNC(=O)[C@@H](C)SC2=Nc3ccccc3C3=N[C@H](c4ccccc4)C(=O)N23)cc1. The zero-order valence-electron chi connectivity index (χ0n) is 18.9. The molecular formula is C27H24N4O2S. The summed E-state index contributed by atoms with van der Waals surface area (Å²) in [6.45, 7) is 4.30. The number of nitrogens with zero attached hydrogens (tertiary/aromatic N) is 3. The van der Waals surface area contributed by atoms with E-state index in [2.05, 4.69) is 5.32 Å². The molecule has 0 aromatic heterocycles. The molecule has 0 saturated heterocycles. The molecule has 3 aromatic carbocycles. The van der Waals surface area contributed by atoms with Crippen molar-refractivity contribution in [3.8, 4) is 0 Å². The van der Waals surface area contributed by atoms with Crippen molar-refractivity contribution in [1.82, 2.24) is 10.2 Å². The Morgan fingerprint density at radius 3 is 2.50 bits per heavy atom. The monoisotopic (exact) mass is 468 g/mol. The van der Waals surface area contributed by atoms with Crippen LogP contribution in [0.25, 0.3) is 0 Å².